The van der Waals surface area contributed by atoms with Gasteiger partial charge in [-0.05, 0) is 31.6 Å². The van der Waals surface area contributed by atoms with E-state index in [4.69, 9.17) is 4.99 Å². The van der Waals surface area contributed by atoms with Gasteiger partial charge in [0.1, 0.15) is 6.54 Å². The van der Waals surface area contributed by atoms with Crippen molar-refractivity contribution >= 4 is 41.5 Å². The number of hydrogen-bond acceptors (Lipinski definition) is 4. The average Bonchev–Trinajstić information content (AvgIpc) is 3.10. The number of aliphatic imine (C=N–C) groups is 1. The third kappa shape index (κ3) is 6.07. The maximum Gasteiger partial charge on any atom is 0.246 e. The van der Waals surface area contributed by atoms with E-state index in [1.165, 1.54) is 0 Å². The zero-order chi connectivity index (χ0) is 19.9. The van der Waals surface area contributed by atoms with Crippen molar-refractivity contribution in [1.29, 1.82) is 0 Å². The van der Waals surface area contributed by atoms with Crippen molar-refractivity contribution in [3.8, 4) is 0 Å². The smallest absolute Gasteiger partial charge is 0.246 e. The number of nitrogens with zero attached hydrogens (tertiary/aromatic N) is 5. The molecule has 2 heterocycles. The van der Waals surface area contributed by atoms with Gasteiger partial charge < -0.3 is 20.2 Å². The minimum atomic E-state index is 0. The number of guanidine groups is 1. The molecule has 1 amide bonds. The van der Waals surface area contributed by atoms with Crippen molar-refractivity contribution in [3.05, 3.63) is 12.4 Å². The molecule has 1 aliphatic heterocycles. The number of halogens is 1. The summed E-state index contributed by atoms with van der Waals surface area (Å²) in [6.45, 7) is 9.54. The number of aromatic nitrogens is 2. The van der Waals surface area contributed by atoms with Crippen molar-refractivity contribution in [2.75, 3.05) is 44.2 Å². The first-order valence-corrected chi connectivity index (χ1v) is 9.91. The van der Waals surface area contributed by atoms with Crippen molar-refractivity contribution in [3.63, 3.8) is 0 Å². The van der Waals surface area contributed by atoms with Gasteiger partial charge in [-0.25, -0.2) is 0 Å². The van der Waals surface area contributed by atoms with Gasteiger partial charge in [-0.1, -0.05) is 13.8 Å². The van der Waals surface area contributed by atoms with Gasteiger partial charge in [0, 0.05) is 46.0 Å². The Hall–Kier alpha value is -1.36. The number of hydrogen-bond donors (Lipinski definition) is 2. The molecule has 0 bridgehead atoms. The van der Waals surface area contributed by atoms with Crippen LogP contribution in [-0.4, -0.2) is 71.0 Å². The number of rotatable bonds is 8. The summed E-state index contributed by atoms with van der Waals surface area (Å²) in [7, 11) is 1.85. The van der Waals surface area contributed by atoms with Crippen LogP contribution in [0.25, 0.3) is 0 Å². The molecule has 0 spiro atoms. The summed E-state index contributed by atoms with van der Waals surface area (Å²) >= 11 is 0. The Morgan fingerprint density at radius 3 is 2.54 bits per heavy atom. The molecule has 0 aliphatic carbocycles. The minimum Gasteiger partial charge on any atom is -0.396 e. The standard InChI is InChI=1S/C19H34N6O2.HI/c1-5-19(6-2,8-11-26)15-21-18(20-7-3)24-9-10-25(17(27)14-24)16-12-22-23(4)13-16;/h12-13,26H,5-11,14-15H2,1-4H3,(H,20,21);1H. The number of aliphatic hydroxyl groups is 1. The maximum atomic E-state index is 12.7. The SMILES string of the molecule is CCNC(=NCC(CC)(CC)CCO)N1CCN(c2cnn(C)c2)C(=O)C1.I. The summed E-state index contributed by atoms with van der Waals surface area (Å²) in [6.07, 6.45) is 6.27. The summed E-state index contributed by atoms with van der Waals surface area (Å²) in [4.78, 5) is 21.3. The quantitative estimate of drug-likeness (QED) is 0.320. The highest BCUT2D eigenvalue weighted by molar-refractivity contribution is 14.0. The predicted molar refractivity (Wildman–Crippen MR) is 123 cm³/mol. The zero-order valence-electron chi connectivity index (χ0n) is 17.5. The second kappa shape index (κ2) is 11.6. The molecular formula is C19H35IN6O2. The van der Waals surface area contributed by atoms with Gasteiger partial charge in [-0.15, -0.1) is 24.0 Å². The van der Waals surface area contributed by atoms with Crippen LogP contribution in [0.3, 0.4) is 0 Å². The van der Waals surface area contributed by atoms with E-state index in [1.54, 1.807) is 15.8 Å². The van der Waals surface area contributed by atoms with Gasteiger partial charge in [-0.2, -0.15) is 5.10 Å². The Morgan fingerprint density at radius 2 is 2.04 bits per heavy atom. The predicted octanol–water partition coefficient (Wildman–Crippen LogP) is 1.84. The fraction of sp³-hybridized carbons (Fsp3) is 0.737. The molecule has 1 aromatic rings. The number of amides is 1. The number of aryl methyl sites for hydroxylation is 1. The normalized spacial score (nSPS) is 15.6. The molecule has 0 unspecified atom stereocenters. The monoisotopic (exact) mass is 506 g/mol. The third-order valence-corrected chi connectivity index (χ3v) is 5.56. The first kappa shape index (κ1) is 24.7. The molecule has 1 aliphatic rings. The second-order valence-electron chi connectivity index (χ2n) is 7.19. The van der Waals surface area contributed by atoms with Crippen LogP contribution in [0.4, 0.5) is 5.69 Å². The second-order valence-corrected chi connectivity index (χ2v) is 7.19. The largest absolute Gasteiger partial charge is 0.396 e. The van der Waals surface area contributed by atoms with Crippen LogP contribution in [0, 0.1) is 5.41 Å². The van der Waals surface area contributed by atoms with Crippen molar-refractivity contribution in [2.24, 2.45) is 17.5 Å². The van der Waals surface area contributed by atoms with Crippen LogP contribution >= 0.6 is 24.0 Å². The maximum absolute atomic E-state index is 12.7. The summed E-state index contributed by atoms with van der Waals surface area (Å²) in [5, 5.41) is 16.9. The van der Waals surface area contributed by atoms with Crippen LogP contribution in [0.2, 0.25) is 0 Å². The van der Waals surface area contributed by atoms with Crippen LogP contribution < -0.4 is 10.2 Å². The third-order valence-electron chi connectivity index (χ3n) is 5.56. The Kier molecular flexibility index (Phi) is 10.2. The lowest BCUT2D eigenvalue weighted by atomic mass is 9.79. The number of piperazine rings is 1. The van der Waals surface area contributed by atoms with Crippen molar-refractivity contribution in [2.45, 2.75) is 40.0 Å². The molecule has 0 radical (unpaired) electrons. The number of anilines is 1. The Bertz CT molecular complexity index is 644. The molecule has 28 heavy (non-hydrogen) atoms. The van der Waals surface area contributed by atoms with Gasteiger partial charge in [0.15, 0.2) is 5.96 Å². The Labute approximate surface area is 185 Å². The fourth-order valence-electron chi connectivity index (χ4n) is 3.49. The number of nitrogens with one attached hydrogen (secondary N) is 1. The first-order chi connectivity index (χ1) is 13.0. The number of carbonyl (C=O) groups excluding carboxylic acids is 1. The molecule has 9 heteroatoms. The summed E-state index contributed by atoms with van der Waals surface area (Å²) in [5.74, 6) is 0.827. The van der Waals surface area contributed by atoms with E-state index in [9.17, 15) is 9.90 Å². The first-order valence-electron chi connectivity index (χ1n) is 9.91. The molecule has 0 aromatic carbocycles. The lowest BCUT2D eigenvalue weighted by molar-refractivity contribution is -0.120. The molecule has 1 fully saturated rings. The van der Waals surface area contributed by atoms with E-state index >= 15 is 0 Å². The summed E-state index contributed by atoms with van der Waals surface area (Å²) < 4.78 is 1.71. The van der Waals surface area contributed by atoms with Crippen molar-refractivity contribution in [1.82, 2.24) is 20.0 Å². The lowest BCUT2D eigenvalue weighted by Crippen LogP contribution is -2.55. The fourth-order valence-corrected chi connectivity index (χ4v) is 3.49. The lowest BCUT2D eigenvalue weighted by Gasteiger charge is -2.36. The van der Waals surface area contributed by atoms with E-state index in [-0.39, 0.29) is 41.9 Å². The summed E-state index contributed by atoms with van der Waals surface area (Å²) in [5.41, 5.74) is 0.847. The minimum absolute atomic E-state index is 0. The molecular weight excluding hydrogens is 471 g/mol. The Morgan fingerprint density at radius 1 is 1.32 bits per heavy atom. The van der Waals surface area contributed by atoms with Gasteiger partial charge >= 0.3 is 0 Å². The van der Waals surface area contributed by atoms with E-state index < -0.39 is 0 Å². The van der Waals surface area contributed by atoms with Gasteiger partial charge in [-0.3, -0.25) is 14.5 Å². The Balaban J connectivity index is 0.00000392. The average molecular weight is 506 g/mol. The van der Waals surface area contributed by atoms with Crippen molar-refractivity contribution < 1.29 is 9.90 Å². The topological polar surface area (TPSA) is 86.0 Å². The van der Waals surface area contributed by atoms with E-state index in [2.05, 4.69) is 24.3 Å². The molecule has 0 saturated carbocycles. The van der Waals surface area contributed by atoms with Crippen LogP contribution in [0.1, 0.15) is 40.0 Å². The number of aliphatic hydroxyl groups excluding tert-OH is 1. The van der Waals surface area contributed by atoms with E-state index in [0.29, 0.717) is 19.6 Å². The van der Waals surface area contributed by atoms with E-state index in [1.807, 2.05) is 25.1 Å². The molecule has 160 valence electrons. The van der Waals surface area contributed by atoms with Crippen LogP contribution in [0.15, 0.2) is 17.4 Å². The highest BCUT2D eigenvalue weighted by atomic mass is 127. The summed E-state index contributed by atoms with van der Waals surface area (Å²) in [6, 6.07) is 0. The van der Waals surface area contributed by atoms with Gasteiger partial charge in [0.05, 0.1) is 11.9 Å². The zero-order valence-corrected chi connectivity index (χ0v) is 19.8. The molecule has 2 rings (SSSR count). The van der Waals surface area contributed by atoms with Gasteiger partial charge in [0.25, 0.3) is 0 Å². The molecule has 1 saturated heterocycles. The van der Waals surface area contributed by atoms with Crippen LogP contribution in [-0.2, 0) is 11.8 Å². The number of carbonyl (C=O) groups is 1. The van der Waals surface area contributed by atoms with Gasteiger partial charge in [0.2, 0.25) is 5.91 Å². The molecule has 2 N–H and O–H groups in total. The molecule has 8 nitrogen and oxygen atoms in total. The molecule has 1 aromatic heterocycles. The van der Waals surface area contributed by atoms with E-state index in [0.717, 1.165) is 44.0 Å². The van der Waals surface area contributed by atoms with Crippen LogP contribution in [0.5, 0.6) is 0 Å². The highest BCUT2D eigenvalue weighted by Crippen LogP contribution is 2.30. The molecule has 0 atom stereocenters. The highest BCUT2D eigenvalue weighted by Gasteiger charge is 2.29.